The predicted molar refractivity (Wildman–Crippen MR) is 74.1 cm³/mol. The van der Waals surface area contributed by atoms with Gasteiger partial charge in [0.1, 0.15) is 0 Å². The van der Waals surface area contributed by atoms with E-state index in [2.05, 4.69) is 15.6 Å². The molecule has 0 heterocycles. The molecular weight excluding hydrogens is 230 g/mol. The molecule has 1 rings (SSSR count). The number of hydrogen-bond acceptors (Lipinski definition) is 3. The number of aliphatic imine (C=N–C) groups is 1. The Balaban J connectivity index is 2.06. The summed E-state index contributed by atoms with van der Waals surface area (Å²) in [5, 5.41) is 6.73. The summed E-state index contributed by atoms with van der Waals surface area (Å²) in [6, 6.07) is 0.583. The van der Waals surface area contributed by atoms with Crippen molar-refractivity contribution in [3.63, 3.8) is 0 Å². The topological polar surface area (TPSA) is 54.9 Å². The minimum absolute atomic E-state index is 0.583. The summed E-state index contributed by atoms with van der Waals surface area (Å²) in [4.78, 5) is 4.23. The van der Waals surface area contributed by atoms with Crippen LogP contribution in [0.15, 0.2) is 4.99 Å². The maximum atomic E-state index is 5.39. The second-order valence-corrected chi connectivity index (χ2v) is 4.58. The van der Waals surface area contributed by atoms with Crippen LogP contribution in [0, 0.1) is 0 Å². The van der Waals surface area contributed by atoms with Crippen LogP contribution in [-0.2, 0) is 9.47 Å². The lowest BCUT2D eigenvalue weighted by Crippen LogP contribution is -2.45. The Morgan fingerprint density at radius 2 is 1.94 bits per heavy atom. The molecule has 5 nitrogen and oxygen atoms in total. The van der Waals surface area contributed by atoms with E-state index in [0.717, 1.165) is 12.5 Å². The lowest BCUT2D eigenvalue weighted by atomic mass is 9.96. The first-order valence-corrected chi connectivity index (χ1v) is 6.90. The lowest BCUT2D eigenvalue weighted by Gasteiger charge is -2.24. The molecule has 2 N–H and O–H groups in total. The van der Waals surface area contributed by atoms with Crippen LogP contribution in [0.3, 0.4) is 0 Å². The minimum Gasteiger partial charge on any atom is -0.382 e. The molecule has 0 spiro atoms. The molecule has 0 amide bonds. The van der Waals surface area contributed by atoms with Crippen molar-refractivity contribution in [3.8, 4) is 0 Å². The Bertz CT molecular complexity index is 228. The number of methoxy groups -OCH3 is 1. The van der Waals surface area contributed by atoms with E-state index in [1.807, 2.05) is 7.05 Å². The lowest BCUT2D eigenvalue weighted by molar-refractivity contribution is 0.0733. The fraction of sp³-hybridized carbons (Fsp3) is 0.923. The van der Waals surface area contributed by atoms with E-state index in [4.69, 9.17) is 9.47 Å². The van der Waals surface area contributed by atoms with E-state index in [1.165, 1.54) is 32.1 Å². The van der Waals surface area contributed by atoms with Crippen LogP contribution >= 0.6 is 0 Å². The van der Waals surface area contributed by atoms with Crippen LogP contribution in [0.1, 0.15) is 32.1 Å². The van der Waals surface area contributed by atoms with Crippen LogP contribution in [0.25, 0.3) is 0 Å². The van der Waals surface area contributed by atoms with E-state index >= 15 is 0 Å². The Hall–Kier alpha value is -0.810. The van der Waals surface area contributed by atoms with Crippen molar-refractivity contribution in [3.05, 3.63) is 0 Å². The molecule has 0 aromatic carbocycles. The van der Waals surface area contributed by atoms with Gasteiger partial charge in [-0.3, -0.25) is 4.99 Å². The van der Waals surface area contributed by atoms with E-state index in [9.17, 15) is 0 Å². The van der Waals surface area contributed by atoms with Gasteiger partial charge in [0, 0.05) is 26.7 Å². The summed E-state index contributed by atoms with van der Waals surface area (Å²) in [5.74, 6) is 0.886. The van der Waals surface area contributed by atoms with Crippen molar-refractivity contribution in [1.29, 1.82) is 0 Å². The molecule has 1 fully saturated rings. The molecule has 0 saturated heterocycles. The summed E-state index contributed by atoms with van der Waals surface area (Å²) in [6.45, 7) is 2.74. The van der Waals surface area contributed by atoms with Crippen molar-refractivity contribution in [2.24, 2.45) is 4.99 Å². The van der Waals surface area contributed by atoms with E-state index < -0.39 is 0 Å². The van der Waals surface area contributed by atoms with E-state index in [1.54, 1.807) is 7.11 Å². The first kappa shape index (κ1) is 15.2. The van der Waals surface area contributed by atoms with Crippen molar-refractivity contribution in [2.75, 3.05) is 40.5 Å². The molecule has 0 bridgehead atoms. The smallest absolute Gasteiger partial charge is 0.191 e. The van der Waals surface area contributed by atoms with Gasteiger partial charge < -0.3 is 20.1 Å². The maximum Gasteiger partial charge on any atom is 0.191 e. The first-order valence-electron chi connectivity index (χ1n) is 6.90. The summed E-state index contributed by atoms with van der Waals surface area (Å²) in [7, 11) is 3.49. The summed E-state index contributed by atoms with van der Waals surface area (Å²) >= 11 is 0. The highest BCUT2D eigenvalue weighted by Crippen LogP contribution is 2.17. The number of nitrogens with zero attached hydrogens (tertiary/aromatic N) is 1. The van der Waals surface area contributed by atoms with Crippen LogP contribution < -0.4 is 10.6 Å². The van der Waals surface area contributed by atoms with Gasteiger partial charge in [-0.1, -0.05) is 19.3 Å². The number of guanidine groups is 1. The van der Waals surface area contributed by atoms with Gasteiger partial charge in [0.2, 0.25) is 0 Å². The third-order valence-corrected chi connectivity index (χ3v) is 3.14. The van der Waals surface area contributed by atoms with Gasteiger partial charge in [0.05, 0.1) is 19.8 Å². The van der Waals surface area contributed by atoms with Gasteiger partial charge in [0.25, 0.3) is 0 Å². The highest BCUT2D eigenvalue weighted by Gasteiger charge is 2.13. The van der Waals surface area contributed by atoms with Crippen LogP contribution in [0.4, 0.5) is 0 Å². The fourth-order valence-corrected chi connectivity index (χ4v) is 2.12. The molecule has 0 aliphatic heterocycles. The average Bonchev–Trinajstić information content (AvgIpc) is 2.42. The molecule has 0 unspecified atom stereocenters. The summed E-state index contributed by atoms with van der Waals surface area (Å²) in [6.07, 6.45) is 6.54. The highest BCUT2D eigenvalue weighted by atomic mass is 16.5. The number of rotatable bonds is 7. The Labute approximate surface area is 110 Å². The zero-order chi connectivity index (χ0) is 13.1. The summed E-state index contributed by atoms with van der Waals surface area (Å²) < 4.78 is 10.3. The van der Waals surface area contributed by atoms with Crippen molar-refractivity contribution < 1.29 is 9.47 Å². The number of nitrogens with one attached hydrogen (secondary N) is 2. The Kier molecular flexibility index (Phi) is 8.59. The van der Waals surface area contributed by atoms with Crippen LogP contribution in [-0.4, -0.2) is 52.5 Å². The molecule has 106 valence electrons. The molecule has 5 heteroatoms. The Morgan fingerprint density at radius 1 is 1.17 bits per heavy atom. The zero-order valence-corrected chi connectivity index (χ0v) is 11.7. The third kappa shape index (κ3) is 6.81. The molecule has 0 aromatic rings. The largest absolute Gasteiger partial charge is 0.382 e. The molecule has 1 aliphatic carbocycles. The molecular formula is C13H27N3O2. The summed E-state index contributed by atoms with van der Waals surface area (Å²) in [5.41, 5.74) is 0. The second-order valence-electron chi connectivity index (χ2n) is 4.58. The van der Waals surface area contributed by atoms with Gasteiger partial charge in [-0.15, -0.1) is 0 Å². The highest BCUT2D eigenvalue weighted by molar-refractivity contribution is 5.79. The van der Waals surface area contributed by atoms with Gasteiger partial charge >= 0.3 is 0 Å². The second kappa shape index (κ2) is 10.1. The van der Waals surface area contributed by atoms with E-state index in [0.29, 0.717) is 25.9 Å². The molecule has 0 aromatic heterocycles. The standard InChI is InChI=1S/C13H27N3O2/c1-14-13(15-8-9-18-11-10-17-2)16-12-6-4-3-5-7-12/h12H,3-11H2,1-2H3,(H2,14,15,16). The Morgan fingerprint density at radius 3 is 2.61 bits per heavy atom. The monoisotopic (exact) mass is 257 g/mol. The molecule has 1 saturated carbocycles. The molecule has 0 atom stereocenters. The first-order chi connectivity index (χ1) is 8.86. The van der Waals surface area contributed by atoms with Crippen LogP contribution in [0.5, 0.6) is 0 Å². The third-order valence-electron chi connectivity index (χ3n) is 3.14. The molecule has 1 aliphatic rings. The van der Waals surface area contributed by atoms with E-state index in [-0.39, 0.29) is 0 Å². The zero-order valence-electron chi connectivity index (χ0n) is 11.7. The van der Waals surface area contributed by atoms with Crippen molar-refractivity contribution in [2.45, 2.75) is 38.1 Å². The minimum atomic E-state index is 0.583. The number of hydrogen-bond donors (Lipinski definition) is 2. The molecule has 0 radical (unpaired) electrons. The van der Waals surface area contributed by atoms with Crippen molar-refractivity contribution in [1.82, 2.24) is 10.6 Å². The fourth-order valence-electron chi connectivity index (χ4n) is 2.12. The normalized spacial score (nSPS) is 17.8. The van der Waals surface area contributed by atoms with Crippen LogP contribution in [0.2, 0.25) is 0 Å². The quantitative estimate of drug-likeness (QED) is 0.408. The average molecular weight is 257 g/mol. The maximum absolute atomic E-state index is 5.39. The van der Waals surface area contributed by atoms with Gasteiger partial charge in [-0.2, -0.15) is 0 Å². The predicted octanol–water partition coefficient (Wildman–Crippen LogP) is 1.15. The SMILES string of the molecule is CN=C(NCCOCCOC)NC1CCCCC1. The van der Waals surface area contributed by atoms with Crippen molar-refractivity contribution >= 4 is 5.96 Å². The van der Waals surface area contributed by atoms with Gasteiger partial charge in [-0.05, 0) is 12.8 Å². The van der Waals surface area contributed by atoms with Gasteiger partial charge in [-0.25, -0.2) is 0 Å². The number of ether oxygens (including phenoxy) is 2. The molecule has 18 heavy (non-hydrogen) atoms. The van der Waals surface area contributed by atoms with Gasteiger partial charge in [0.15, 0.2) is 5.96 Å².